The summed E-state index contributed by atoms with van der Waals surface area (Å²) in [6.45, 7) is 3.65. The van der Waals surface area contributed by atoms with Crippen molar-refractivity contribution in [3.8, 4) is 0 Å². The van der Waals surface area contributed by atoms with E-state index in [2.05, 4.69) is 0 Å². The van der Waals surface area contributed by atoms with Gasteiger partial charge in [-0.3, -0.25) is 4.57 Å². The summed E-state index contributed by atoms with van der Waals surface area (Å²) in [5.41, 5.74) is 1.25. The number of hydrogen-bond donors (Lipinski definition) is 0. The molecule has 0 unspecified atom stereocenters. The van der Waals surface area contributed by atoms with Crippen molar-refractivity contribution in [1.29, 1.82) is 0 Å². The van der Waals surface area contributed by atoms with Crippen molar-refractivity contribution in [3.63, 3.8) is 0 Å². The van der Waals surface area contributed by atoms with Crippen LogP contribution in [0.4, 0.5) is 4.79 Å². The zero-order chi connectivity index (χ0) is 13.8. The van der Waals surface area contributed by atoms with Gasteiger partial charge in [0.05, 0.1) is 18.2 Å². The Hall–Kier alpha value is -2.30. The molecule has 1 aromatic carbocycles. The summed E-state index contributed by atoms with van der Waals surface area (Å²) in [7, 11) is 1.32. The number of hydrogen-bond acceptors (Lipinski definition) is 4. The number of carbonyl (C=O) groups excluding carboxylic acids is 2. The molecule has 2 heterocycles. The smallest absolute Gasteiger partial charge is 0.419 e. The highest BCUT2D eigenvalue weighted by molar-refractivity contribution is 6.08. The average Bonchev–Trinajstić information content (AvgIpc) is 2.75. The lowest BCUT2D eigenvalue weighted by Gasteiger charge is -2.30. The monoisotopic (exact) mass is 259 g/mol. The molecule has 3 rings (SSSR count). The van der Waals surface area contributed by atoms with E-state index in [0.717, 1.165) is 5.56 Å². The maximum atomic E-state index is 12.0. The van der Waals surface area contributed by atoms with E-state index in [9.17, 15) is 9.59 Å². The van der Waals surface area contributed by atoms with E-state index in [1.54, 1.807) is 6.07 Å². The topological polar surface area (TPSA) is 57.5 Å². The molecular weight excluding hydrogens is 246 g/mol. The molecule has 5 nitrogen and oxygen atoms in total. The van der Waals surface area contributed by atoms with Crippen LogP contribution in [-0.2, 0) is 15.1 Å². The first-order chi connectivity index (χ1) is 8.95. The fourth-order valence-corrected chi connectivity index (χ4v) is 2.51. The molecular formula is C14H13NO4. The molecule has 2 aromatic rings. The Morgan fingerprint density at radius 1 is 1.37 bits per heavy atom. The third-order valence-electron chi connectivity index (χ3n) is 3.42. The molecule has 1 aliphatic heterocycles. The van der Waals surface area contributed by atoms with E-state index in [1.165, 1.54) is 17.9 Å². The number of methoxy groups -OCH3 is 1. The quantitative estimate of drug-likeness (QED) is 0.739. The van der Waals surface area contributed by atoms with E-state index in [0.29, 0.717) is 16.5 Å². The van der Waals surface area contributed by atoms with Gasteiger partial charge >= 0.3 is 12.1 Å². The second-order valence-electron chi connectivity index (χ2n) is 4.98. The van der Waals surface area contributed by atoms with E-state index in [-0.39, 0.29) is 0 Å². The summed E-state index contributed by atoms with van der Waals surface area (Å²) < 4.78 is 11.5. The van der Waals surface area contributed by atoms with Gasteiger partial charge < -0.3 is 9.47 Å². The Morgan fingerprint density at radius 3 is 2.79 bits per heavy atom. The summed E-state index contributed by atoms with van der Waals surface area (Å²) in [5, 5.41) is 0.703. The SMILES string of the molecule is COC(=O)c1cn2c3c(cccc13)C(C)(C)OC2=O. The van der Waals surface area contributed by atoms with E-state index in [1.807, 2.05) is 26.0 Å². The largest absolute Gasteiger partial charge is 0.465 e. The molecule has 0 saturated heterocycles. The number of rotatable bonds is 1. The molecule has 0 fully saturated rings. The Morgan fingerprint density at radius 2 is 2.11 bits per heavy atom. The first-order valence-electron chi connectivity index (χ1n) is 5.92. The summed E-state index contributed by atoms with van der Waals surface area (Å²) >= 11 is 0. The van der Waals surface area contributed by atoms with Crippen LogP contribution in [0.2, 0.25) is 0 Å². The van der Waals surface area contributed by atoms with Crippen LogP contribution in [0.5, 0.6) is 0 Å². The fourth-order valence-electron chi connectivity index (χ4n) is 2.51. The van der Waals surface area contributed by atoms with Crippen LogP contribution in [-0.4, -0.2) is 23.7 Å². The second-order valence-corrected chi connectivity index (χ2v) is 4.98. The fraction of sp³-hybridized carbons (Fsp3) is 0.286. The predicted octanol–water partition coefficient (Wildman–Crippen LogP) is 2.66. The van der Waals surface area contributed by atoms with E-state index < -0.39 is 17.7 Å². The zero-order valence-corrected chi connectivity index (χ0v) is 10.9. The molecule has 0 saturated carbocycles. The van der Waals surface area contributed by atoms with Gasteiger partial charge in [0.25, 0.3) is 0 Å². The number of para-hydroxylation sites is 1. The molecule has 19 heavy (non-hydrogen) atoms. The summed E-state index contributed by atoms with van der Waals surface area (Å²) in [6, 6.07) is 5.54. The number of ether oxygens (including phenoxy) is 2. The molecule has 1 aliphatic rings. The highest BCUT2D eigenvalue weighted by atomic mass is 16.6. The van der Waals surface area contributed by atoms with Crippen LogP contribution < -0.4 is 0 Å². The van der Waals surface area contributed by atoms with Crippen LogP contribution in [0.3, 0.4) is 0 Å². The molecule has 0 atom stereocenters. The van der Waals surface area contributed by atoms with E-state index >= 15 is 0 Å². The Balaban J connectivity index is 2.42. The minimum Gasteiger partial charge on any atom is -0.465 e. The third-order valence-corrected chi connectivity index (χ3v) is 3.42. The van der Waals surface area contributed by atoms with Crippen molar-refractivity contribution in [2.75, 3.05) is 7.11 Å². The predicted molar refractivity (Wildman–Crippen MR) is 68.2 cm³/mol. The molecule has 0 N–H and O–H groups in total. The van der Waals surface area contributed by atoms with Crippen LogP contribution in [0, 0.1) is 0 Å². The maximum Gasteiger partial charge on any atom is 0.419 e. The van der Waals surface area contributed by atoms with Crippen molar-refractivity contribution in [1.82, 2.24) is 4.57 Å². The molecule has 0 amide bonds. The first-order valence-corrected chi connectivity index (χ1v) is 5.92. The number of esters is 1. The number of cyclic esters (lactones) is 1. The van der Waals surface area contributed by atoms with Gasteiger partial charge in [-0.05, 0) is 13.8 Å². The summed E-state index contributed by atoms with van der Waals surface area (Å²) in [5.74, 6) is -0.464. The molecule has 1 aromatic heterocycles. The Bertz CT molecular complexity index is 712. The highest BCUT2D eigenvalue weighted by Crippen LogP contribution is 2.37. The van der Waals surface area contributed by atoms with Crippen molar-refractivity contribution in [2.45, 2.75) is 19.4 Å². The van der Waals surface area contributed by atoms with Gasteiger partial charge in [0.15, 0.2) is 0 Å². The van der Waals surface area contributed by atoms with Gasteiger partial charge in [0.1, 0.15) is 5.60 Å². The Kier molecular flexibility index (Phi) is 2.23. The van der Waals surface area contributed by atoms with Gasteiger partial charge in [-0.25, -0.2) is 9.59 Å². The van der Waals surface area contributed by atoms with Crippen molar-refractivity contribution >= 4 is 23.0 Å². The van der Waals surface area contributed by atoms with Gasteiger partial charge in [0.2, 0.25) is 0 Å². The highest BCUT2D eigenvalue weighted by Gasteiger charge is 2.36. The minimum atomic E-state index is -0.710. The molecule has 0 bridgehead atoms. The van der Waals surface area contributed by atoms with Gasteiger partial charge in [0, 0.05) is 17.1 Å². The van der Waals surface area contributed by atoms with Crippen molar-refractivity contribution in [3.05, 3.63) is 35.5 Å². The number of carbonyl (C=O) groups is 2. The van der Waals surface area contributed by atoms with Crippen LogP contribution in [0.1, 0.15) is 29.8 Å². The Labute approximate surface area is 109 Å². The molecule has 5 heteroatoms. The maximum absolute atomic E-state index is 12.0. The van der Waals surface area contributed by atoms with Gasteiger partial charge in [-0.1, -0.05) is 18.2 Å². The second kappa shape index (κ2) is 3.60. The summed E-state index contributed by atoms with van der Waals surface area (Å²) in [4.78, 5) is 23.8. The van der Waals surface area contributed by atoms with Crippen LogP contribution >= 0.6 is 0 Å². The van der Waals surface area contributed by atoms with Gasteiger partial charge in [-0.15, -0.1) is 0 Å². The third kappa shape index (κ3) is 1.47. The molecule has 98 valence electrons. The standard InChI is InChI=1S/C14H13NO4/c1-14(2)10-6-4-5-8-9(12(16)18-3)7-15(11(8)10)13(17)19-14/h4-7H,1-3H3. The van der Waals surface area contributed by atoms with Gasteiger partial charge in [-0.2, -0.15) is 0 Å². The lowest BCUT2D eigenvalue weighted by Crippen LogP contribution is -2.33. The van der Waals surface area contributed by atoms with Crippen molar-refractivity contribution in [2.24, 2.45) is 0 Å². The molecule has 0 radical (unpaired) electrons. The van der Waals surface area contributed by atoms with E-state index in [4.69, 9.17) is 9.47 Å². The number of aromatic nitrogens is 1. The lowest BCUT2D eigenvalue weighted by atomic mass is 9.94. The summed E-state index contributed by atoms with van der Waals surface area (Å²) in [6.07, 6.45) is 0.987. The molecule has 0 aliphatic carbocycles. The number of nitrogens with zero attached hydrogens (tertiary/aromatic N) is 1. The lowest BCUT2D eigenvalue weighted by molar-refractivity contribution is 0.0331. The number of benzene rings is 1. The normalized spacial score (nSPS) is 16.3. The minimum absolute atomic E-state index is 0.369. The first kappa shape index (κ1) is 11.8. The van der Waals surface area contributed by atoms with Crippen LogP contribution in [0.15, 0.2) is 24.4 Å². The average molecular weight is 259 g/mol. The zero-order valence-electron chi connectivity index (χ0n) is 10.9. The molecule has 0 spiro atoms. The van der Waals surface area contributed by atoms with Crippen LogP contribution in [0.25, 0.3) is 10.9 Å². The van der Waals surface area contributed by atoms with Crippen molar-refractivity contribution < 1.29 is 19.1 Å².